The molecule has 0 aliphatic rings. The summed E-state index contributed by atoms with van der Waals surface area (Å²) in [6, 6.07) is 0. The van der Waals surface area contributed by atoms with Crippen molar-refractivity contribution in [1.29, 1.82) is 0 Å². The van der Waals surface area contributed by atoms with Crippen LogP contribution in [-0.2, 0) is 16.0 Å². The van der Waals surface area contributed by atoms with Crippen molar-refractivity contribution in [2.75, 3.05) is 0 Å². The zero-order valence-electron chi connectivity index (χ0n) is 2.74. The molecule has 0 fully saturated rings. The number of hydrogen-bond acceptors (Lipinski definition) is 2. The molecular formula is C2H7CuN2. The summed E-state index contributed by atoms with van der Waals surface area (Å²) >= 11 is 4.55. The second kappa shape index (κ2) is 2.66. The van der Waals surface area contributed by atoms with Crippen molar-refractivity contribution in [2.24, 2.45) is 11.5 Å². The molecule has 0 atom stereocenters. The molecule has 0 rings (SSSR count). The van der Waals surface area contributed by atoms with Crippen LogP contribution in [0.2, 0.25) is 5.32 Å². The molecule has 2 nitrogen and oxygen atoms in total. The van der Waals surface area contributed by atoms with Crippen LogP contribution in [0.4, 0.5) is 0 Å². The third-order valence-corrected chi connectivity index (χ3v) is 0.586. The molecule has 0 aromatic heterocycles. The van der Waals surface area contributed by atoms with E-state index in [2.05, 4.69) is 16.0 Å². The van der Waals surface area contributed by atoms with Gasteiger partial charge < -0.3 is 0 Å². The molecule has 36 valence electrons. The van der Waals surface area contributed by atoms with E-state index in [0.29, 0.717) is 5.32 Å². The third kappa shape index (κ3) is 4.44. The Morgan fingerprint density at radius 1 is 1.60 bits per heavy atom. The maximum absolute atomic E-state index is 4.96. The van der Waals surface area contributed by atoms with Gasteiger partial charge in [-0.2, -0.15) is 0 Å². The third-order valence-electron chi connectivity index (χ3n) is 0.142. The molecule has 0 heterocycles. The monoisotopic (exact) mass is 122 g/mol. The second-order valence-electron chi connectivity index (χ2n) is 0.787. The summed E-state index contributed by atoms with van der Waals surface area (Å²) in [5.74, 6) is 0. The van der Waals surface area contributed by atoms with Gasteiger partial charge in [0.25, 0.3) is 0 Å². The summed E-state index contributed by atoms with van der Waals surface area (Å²) in [6.45, 7) is 0. The Hall–Kier alpha value is 0.439. The summed E-state index contributed by atoms with van der Waals surface area (Å²) in [4.78, 5) is 0. The predicted molar refractivity (Wildman–Crippen MR) is 17.0 cm³/mol. The van der Waals surface area contributed by atoms with E-state index >= 15 is 0 Å². The first kappa shape index (κ1) is 5.44. The molecule has 0 bridgehead atoms. The molecule has 0 saturated carbocycles. The molecule has 0 saturated heterocycles. The zero-order valence-corrected chi connectivity index (χ0v) is 3.68. The number of nitrogens with two attached hydrogens (primary N) is 2. The van der Waals surface area contributed by atoms with Crippen LogP contribution >= 0.6 is 0 Å². The van der Waals surface area contributed by atoms with Crippen LogP contribution in [0.15, 0.2) is 0 Å². The standard InChI is InChI=1S/C2H7N2.Cu/c1-2(3)4;/h2H,1,3-4H2;. The fourth-order valence-electron chi connectivity index (χ4n) is 0. The normalized spacial score (nSPS) is 9.80. The van der Waals surface area contributed by atoms with Gasteiger partial charge in [0, 0.05) is 0 Å². The molecule has 0 amide bonds. The van der Waals surface area contributed by atoms with Crippen molar-refractivity contribution in [3.63, 3.8) is 0 Å². The molecule has 0 aromatic carbocycles. The fourth-order valence-corrected chi connectivity index (χ4v) is 0. The maximum atomic E-state index is 4.96. The quantitative estimate of drug-likeness (QED) is 0.353. The van der Waals surface area contributed by atoms with E-state index in [0.717, 1.165) is 0 Å². The predicted octanol–water partition coefficient (Wildman–Crippen LogP) is -0.805. The molecule has 0 spiro atoms. The van der Waals surface area contributed by atoms with Gasteiger partial charge in [-0.25, -0.2) is 0 Å². The number of hydrogen-bond donors (Lipinski definition) is 2. The van der Waals surface area contributed by atoms with Crippen LogP contribution < -0.4 is 11.5 Å². The van der Waals surface area contributed by atoms with Crippen molar-refractivity contribution in [3.8, 4) is 0 Å². The second-order valence-corrected chi connectivity index (χ2v) is 1.17. The number of rotatable bonds is 1. The van der Waals surface area contributed by atoms with E-state index in [1.165, 1.54) is 0 Å². The van der Waals surface area contributed by atoms with Crippen molar-refractivity contribution in [3.05, 3.63) is 0 Å². The first-order chi connectivity index (χ1) is 2.27. The zero-order chi connectivity index (χ0) is 4.28. The molecule has 0 aliphatic carbocycles. The van der Waals surface area contributed by atoms with Gasteiger partial charge in [-0.1, -0.05) is 0 Å². The Bertz CT molecular complexity index is 21.6. The van der Waals surface area contributed by atoms with Gasteiger partial charge in [-0.3, -0.25) is 0 Å². The summed E-state index contributed by atoms with van der Waals surface area (Å²) in [5, 5.41) is 0.424. The van der Waals surface area contributed by atoms with Gasteiger partial charge in [0.05, 0.1) is 0 Å². The van der Waals surface area contributed by atoms with Crippen LogP contribution in [0.25, 0.3) is 0 Å². The molecule has 0 unspecified atom stereocenters. The van der Waals surface area contributed by atoms with Crippen molar-refractivity contribution < 1.29 is 16.0 Å². The van der Waals surface area contributed by atoms with E-state index in [4.69, 9.17) is 11.5 Å². The SMILES string of the molecule is NC(N)[CH2][Cu]. The van der Waals surface area contributed by atoms with Crippen LogP contribution in [0.5, 0.6) is 0 Å². The molecule has 0 radical (unpaired) electrons. The van der Waals surface area contributed by atoms with Crippen LogP contribution in [0.1, 0.15) is 0 Å². The van der Waals surface area contributed by atoms with Gasteiger partial charge in [0.15, 0.2) is 0 Å². The van der Waals surface area contributed by atoms with Gasteiger partial charge >= 0.3 is 39.0 Å². The van der Waals surface area contributed by atoms with E-state index < -0.39 is 0 Å². The van der Waals surface area contributed by atoms with Gasteiger partial charge in [-0.05, 0) is 0 Å². The average Bonchev–Trinajstić information content (AvgIpc) is 1.38. The van der Waals surface area contributed by atoms with E-state index in [9.17, 15) is 0 Å². The van der Waals surface area contributed by atoms with Gasteiger partial charge in [0.1, 0.15) is 0 Å². The molecule has 4 N–H and O–H groups in total. The minimum atomic E-state index is -0.310. The molecule has 0 aliphatic heterocycles. The Labute approximate surface area is 39.7 Å². The van der Waals surface area contributed by atoms with Crippen molar-refractivity contribution >= 4 is 0 Å². The van der Waals surface area contributed by atoms with Crippen LogP contribution in [0, 0.1) is 0 Å². The average molecular weight is 123 g/mol. The Morgan fingerprint density at radius 2 is 1.80 bits per heavy atom. The molecule has 3 heteroatoms. The van der Waals surface area contributed by atoms with Gasteiger partial charge in [-0.15, -0.1) is 0 Å². The van der Waals surface area contributed by atoms with Gasteiger partial charge in [0.2, 0.25) is 0 Å². The first-order valence-electron chi connectivity index (χ1n) is 1.29. The first-order valence-corrected chi connectivity index (χ1v) is 1.95. The van der Waals surface area contributed by atoms with E-state index in [-0.39, 0.29) is 6.17 Å². The van der Waals surface area contributed by atoms with Crippen molar-refractivity contribution in [2.45, 2.75) is 11.5 Å². The summed E-state index contributed by atoms with van der Waals surface area (Å²) in [7, 11) is 0. The molecular weight excluding hydrogens is 116 g/mol. The summed E-state index contributed by atoms with van der Waals surface area (Å²) in [6.07, 6.45) is -0.310. The Kier molecular flexibility index (Phi) is 2.90. The van der Waals surface area contributed by atoms with Crippen LogP contribution in [-0.4, -0.2) is 6.17 Å². The topological polar surface area (TPSA) is 52.0 Å². The van der Waals surface area contributed by atoms with Crippen molar-refractivity contribution in [1.82, 2.24) is 0 Å². The Morgan fingerprint density at radius 3 is 1.80 bits per heavy atom. The summed E-state index contributed by atoms with van der Waals surface area (Å²) < 4.78 is 0. The minimum absolute atomic E-state index is 0.310. The summed E-state index contributed by atoms with van der Waals surface area (Å²) in [5.41, 5.74) is 9.92. The molecule has 5 heavy (non-hydrogen) atoms. The molecule has 0 aromatic rings. The fraction of sp³-hybridized carbons (Fsp3) is 1.00. The van der Waals surface area contributed by atoms with Crippen LogP contribution in [0.3, 0.4) is 0 Å². The Balaban J connectivity index is 2.54. The van der Waals surface area contributed by atoms with E-state index in [1.54, 1.807) is 0 Å². The van der Waals surface area contributed by atoms with E-state index in [1.807, 2.05) is 0 Å².